The van der Waals surface area contributed by atoms with Crippen molar-refractivity contribution >= 4 is 0 Å². The van der Waals surface area contributed by atoms with Crippen LogP contribution in [0.2, 0.25) is 0 Å². The number of hydrogen-bond donors (Lipinski definition) is 2. The van der Waals surface area contributed by atoms with E-state index in [1.54, 1.807) is 7.11 Å². The molecule has 0 aromatic rings. The van der Waals surface area contributed by atoms with Gasteiger partial charge >= 0.3 is 0 Å². The van der Waals surface area contributed by atoms with Gasteiger partial charge in [-0.25, -0.2) is 0 Å². The van der Waals surface area contributed by atoms with Crippen LogP contribution in [0.1, 0.15) is 39.5 Å². The fourth-order valence-corrected chi connectivity index (χ4v) is 1.57. The second-order valence-corrected chi connectivity index (χ2v) is 4.97. The van der Waals surface area contributed by atoms with Crippen LogP contribution in [-0.4, -0.2) is 36.5 Å². The van der Waals surface area contributed by atoms with Crippen LogP contribution in [0.5, 0.6) is 0 Å². The van der Waals surface area contributed by atoms with Crippen molar-refractivity contribution in [2.75, 3.05) is 20.2 Å². The Bertz CT molecular complexity index is 163. The van der Waals surface area contributed by atoms with Crippen LogP contribution in [0.15, 0.2) is 0 Å². The highest BCUT2D eigenvalue weighted by Gasteiger charge is 2.33. The number of nitrogens with one attached hydrogen (secondary N) is 1. The smallest absolute Gasteiger partial charge is 0.0771 e. The Morgan fingerprint density at radius 1 is 1.43 bits per heavy atom. The first-order valence-electron chi connectivity index (χ1n) is 5.46. The third kappa shape index (κ3) is 3.56. The lowest BCUT2D eigenvalue weighted by Gasteiger charge is -2.37. The van der Waals surface area contributed by atoms with Crippen LogP contribution in [-0.2, 0) is 4.74 Å². The molecule has 0 aromatic carbocycles. The Morgan fingerprint density at radius 2 is 2.07 bits per heavy atom. The molecule has 1 aliphatic rings. The summed E-state index contributed by atoms with van der Waals surface area (Å²) in [6, 6.07) is 0. The van der Waals surface area contributed by atoms with Gasteiger partial charge in [0.25, 0.3) is 0 Å². The van der Waals surface area contributed by atoms with E-state index in [-0.39, 0.29) is 5.60 Å². The zero-order valence-corrected chi connectivity index (χ0v) is 9.60. The zero-order chi connectivity index (χ0) is 10.7. The lowest BCUT2D eigenvalue weighted by atomic mass is 9.80. The van der Waals surface area contributed by atoms with Crippen molar-refractivity contribution in [3.05, 3.63) is 0 Å². The van der Waals surface area contributed by atoms with Crippen molar-refractivity contribution in [1.29, 1.82) is 0 Å². The van der Waals surface area contributed by atoms with Crippen molar-refractivity contribution < 1.29 is 9.84 Å². The molecule has 3 nitrogen and oxygen atoms in total. The molecule has 0 amide bonds. The molecule has 0 aliphatic heterocycles. The van der Waals surface area contributed by atoms with Gasteiger partial charge < -0.3 is 15.2 Å². The fourth-order valence-electron chi connectivity index (χ4n) is 1.57. The largest absolute Gasteiger partial charge is 0.389 e. The van der Waals surface area contributed by atoms with Gasteiger partial charge in [0.1, 0.15) is 0 Å². The Hall–Kier alpha value is -0.120. The molecule has 0 heterocycles. The molecule has 1 saturated carbocycles. The van der Waals surface area contributed by atoms with E-state index >= 15 is 0 Å². The van der Waals surface area contributed by atoms with Crippen molar-refractivity contribution in [2.45, 2.75) is 50.7 Å². The van der Waals surface area contributed by atoms with Crippen molar-refractivity contribution in [1.82, 2.24) is 5.32 Å². The predicted octanol–water partition coefficient (Wildman–Crippen LogP) is 1.31. The van der Waals surface area contributed by atoms with Crippen molar-refractivity contribution in [3.63, 3.8) is 0 Å². The average molecular weight is 201 g/mol. The first-order chi connectivity index (χ1) is 6.47. The standard InChI is InChI=1S/C11H23NO2/c1-10(2,14-3)7-8-12-9-11(13)5-4-6-11/h12-13H,4-9H2,1-3H3. The molecule has 0 aromatic heterocycles. The van der Waals surface area contributed by atoms with Crippen LogP contribution < -0.4 is 5.32 Å². The molecular weight excluding hydrogens is 178 g/mol. The molecule has 0 saturated heterocycles. The van der Waals surface area contributed by atoms with Crippen LogP contribution in [0, 0.1) is 0 Å². The summed E-state index contributed by atoms with van der Waals surface area (Å²) in [7, 11) is 1.74. The highest BCUT2D eigenvalue weighted by molar-refractivity contribution is 4.89. The van der Waals surface area contributed by atoms with Crippen molar-refractivity contribution in [2.24, 2.45) is 0 Å². The second-order valence-electron chi connectivity index (χ2n) is 4.97. The molecule has 84 valence electrons. The molecular formula is C11H23NO2. The van der Waals surface area contributed by atoms with Gasteiger partial charge in [0, 0.05) is 13.7 Å². The predicted molar refractivity (Wildman–Crippen MR) is 57.4 cm³/mol. The lowest BCUT2D eigenvalue weighted by Crippen LogP contribution is -2.47. The van der Waals surface area contributed by atoms with Gasteiger partial charge in [-0.1, -0.05) is 0 Å². The maximum absolute atomic E-state index is 9.80. The summed E-state index contributed by atoms with van der Waals surface area (Å²) in [5.41, 5.74) is -0.466. The van der Waals surface area contributed by atoms with Crippen LogP contribution in [0.25, 0.3) is 0 Å². The molecule has 3 heteroatoms. The SMILES string of the molecule is COC(C)(C)CCNCC1(O)CCC1. The van der Waals surface area contributed by atoms with Gasteiger partial charge in [-0.2, -0.15) is 0 Å². The number of methoxy groups -OCH3 is 1. The van der Waals surface area contributed by atoms with E-state index in [9.17, 15) is 5.11 Å². The van der Waals surface area contributed by atoms with Gasteiger partial charge in [-0.15, -0.1) is 0 Å². The highest BCUT2D eigenvalue weighted by Crippen LogP contribution is 2.30. The normalized spacial score (nSPS) is 20.6. The summed E-state index contributed by atoms with van der Waals surface area (Å²) in [5, 5.41) is 13.1. The summed E-state index contributed by atoms with van der Waals surface area (Å²) >= 11 is 0. The minimum Gasteiger partial charge on any atom is -0.389 e. The summed E-state index contributed by atoms with van der Waals surface area (Å²) in [6.45, 7) is 5.79. The minimum absolute atomic E-state index is 0.0603. The van der Waals surface area contributed by atoms with E-state index in [0.717, 1.165) is 32.4 Å². The summed E-state index contributed by atoms with van der Waals surface area (Å²) < 4.78 is 5.31. The topological polar surface area (TPSA) is 41.5 Å². The van der Waals surface area contributed by atoms with E-state index in [2.05, 4.69) is 19.2 Å². The number of aliphatic hydroxyl groups is 1. The molecule has 0 spiro atoms. The zero-order valence-electron chi connectivity index (χ0n) is 9.60. The summed E-state index contributed by atoms with van der Waals surface area (Å²) in [4.78, 5) is 0. The van der Waals surface area contributed by atoms with Gasteiger partial charge in [0.15, 0.2) is 0 Å². The quantitative estimate of drug-likeness (QED) is 0.637. The van der Waals surface area contributed by atoms with Crippen LogP contribution in [0.3, 0.4) is 0 Å². The second kappa shape index (κ2) is 4.60. The Kier molecular flexibility index (Phi) is 3.93. The first-order valence-corrected chi connectivity index (χ1v) is 5.46. The van der Waals surface area contributed by atoms with Gasteiger partial charge in [-0.05, 0) is 46.1 Å². The van der Waals surface area contributed by atoms with Crippen LogP contribution >= 0.6 is 0 Å². The first kappa shape index (κ1) is 12.0. The number of hydrogen-bond acceptors (Lipinski definition) is 3. The van der Waals surface area contributed by atoms with E-state index < -0.39 is 5.60 Å². The maximum Gasteiger partial charge on any atom is 0.0771 e. The van der Waals surface area contributed by atoms with Crippen molar-refractivity contribution in [3.8, 4) is 0 Å². The van der Waals surface area contributed by atoms with Crippen LogP contribution in [0.4, 0.5) is 0 Å². The van der Waals surface area contributed by atoms with Gasteiger partial charge in [-0.3, -0.25) is 0 Å². The van der Waals surface area contributed by atoms with E-state index in [4.69, 9.17) is 4.74 Å². The molecule has 0 bridgehead atoms. The fraction of sp³-hybridized carbons (Fsp3) is 1.00. The summed E-state index contributed by atoms with van der Waals surface area (Å²) in [5.74, 6) is 0. The molecule has 1 aliphatic carbocycles. The summed E-state index contributed by atoms with van der Waals surface area (Å²) in [6.07, 6.45) is 4.04. The average Bonchev–Trinajstić information content (AvgIpc) is 2.10. The Morgan fingerprint density at radius 3 is 2.50 bits per heavy atom. The lowest BCUT2D eigenvalue weighted by molar-refractivity contribution is -0.0335. The van der Waals surface area contributed by atoms with Gasteiger partial charge in [0.05, 0.1) is 11.2 Å². The molecule has 1 rings (SSSR count). The molecule has 14 heavy (non-hydrogen) atoms. The Labute approximate surface area is 86.8 Å². The third-order valence-corrected chi connectivity index (χ3v) is 3.19. The maximum atomic E-state index is 9.80. The monoisotopic (exact) mass is 201 g/mol. The Balaban J connectivity index is 2.04. The molecule has 0 radical (unpaired) electrons. The van der Waals surface area contributed by atoms with E-state index in [0.29, 0.717) is 0 Å². The van der Waals surface area contributed by atoms with Gasteiger partial charge in [0.2, 0.25) is 0 Å². The number of ether oxygens (including phenoxy) is 1. The molecule has 1 fully saturated rings. The molecule has 0 atom stereocenters. The van der Waals surface area contributed by atoms with E-state index in [1.807, 2.05) is 0 Å². The highest BCUT2D eigenvalue weighted by atomic mass is 16.5. The minimum atomic E-state index is -0.406. The number of rotatable bonds is 6. The van der Waals surface area contributed by atoms with E-state index in [1.165, 1.54) is 6.42 Å². The molecule has 0 unspecified atom stereocenters. The third-order valence-electron chi connectivity index (χ3n) is 3.19. The molecule has 2 N–H and O–H groups in total.